The summed E-state index contributed by atoms with van der Waals surface area (Å²) < 4.78 is 21.6. The van der Waals surface area contributed by atoms with E-state index in [9.17, 15) is 8.42 Å². The van der Waals surface area contributed by atoms with Crippen LogP contribution in [0.2, 0.25) is 0 Å². The van der Waals surface area contributed by atoms with Crippen molar-refractivity contribution in [3.8, 4) is 0 Å². The molecular formula is C10H21NO2S. The second kappa shape index (κ2) is 7.01. The molecule has 0 rings (SSSR count). The maximum absolute atomic E-state index is 10.8. The van der Waals surface area contributed by atoms with Crippen molar-refractivity contribution < 1.29 is 8.42 Å². The second-order valence-electron chi connectivity index (χ2n) is 3.70. The Balaban J connectivity index is 3.40. The molecular weight excluding hydrogens is 198 g/mol. The van der Waals surface area contributed by atoms with E-state index in [2.05, 4.69) is 18.8 Å². The highest BCUT2D eigenvalue weighted by Gasteiger charge is 2.02. The van der Waals surface area contributed by atoms with Crippen LogP contribution in [0.25, 0.3) is 0 Å². The van der Waals surface area contributed by atoms with Gasteiger partial charge >= 0.3 is 0 Å². The van der Waals surface area contributed by atoms with Gasteiger partial charge in [-0.1, -0.05) is 6.08 Å². The minimum absolute atomic E-state index is 0.272. The Morgan fingerprint density at radius 3 is 2.64 bits per heavy atom. The molecule has 0 aliphatic carbocycles. The van der Waals surface area contributed by atoms with Gasteiger partial charge in [-0.05, 0) is 32.7 Å². The highest BCUT2D eigenvalue weighted by Crippen LogP contribution is 1.96. The summed E-state index contributed by atoms with van der Waals surface area (Å²) >= 11 is 0. The minimum atomic E-state index is -2.80. The van der Waals surface area contributed by atoms with Crippen molar-refractivity contribution in [2.45, 2.75) is 32.2 Å². The number of nitrogens with one attached hydrogen (secondary N) is 1. The standard InChI is InChI=1S/C10H21NO2S/c1-4-5-7-10(2)11-8-6-9-14(3,12)13/h4,10-11H,1,5-9H2,2-3H3. The van der Waals surface area contributed by atoms with Crippen molar-refractivity contribution in [3.05, 3.63) is 12.7 Å². The van der Waals surface area contributed by atoms with Gasteiger partial charge in [0.05, 0.1) is 5.75 Å². The monoisotopic (exact) mass is 219 g/mol. The fourth-order valence-corrected chi connectivity index (χ4v) is 1.82. The van der Waals surface area contributed by atoms with Gasteiger partial charge in [0.1, 0.15) is 9.84 Å². The van der Waals surface area contributed by atoms with E-state index >= 15 is 0 Å². The van der Waals surface area contributed by atoms with Crippen LogP contribution in [0.4, 0.5) is 0 Å². The van der Waals surface area contributed by atoms with Crippen LogP contribution in [0, 0.1) is 0 Å². The van der Waals surface area contributed by atoms with Crippen molar-refractivity contribution in [1.29, 1.82) is 0 Å². The molecule has 3 nitrogen and oxygen atoms in total. The normalized spacial score (nSPS) is 13.9. The van der Waals surface area contributed by atoms with Gasteiger partial charge < -0.3 is 5.32 Å². The van der Waals surface area contributed by atoms with Gasteiger partial charge in [-0.25, -0.2) is 8.42 Å². The summed E-state index contributed by atoms with van der Waals surface area (Å²) in [5, 5.41) is 3.28. The molecule has 0 aromatic rings. The summed E-state index contributed by atoms with van der Waals surface area (Å²) in [4.78, 5) is 0. The van der Waals surface area contributed by atoms with Crippen LogP contribution in [0.5, 0.6) is 0 Å². The summed E-state index contributed by atoms with van der Waals surface area (Å²) in [6.45, 7) is 6.52. The smallest absolute Gasteiger partial charge is 0.147 e. The largest absolute Gasteiger partial charge is 0.314 e. The van der Waals surface area contributed by atoms with Crippen LogP contribution in [0.3, 0.4) is 0 Å². The Labute approximate surface area is 87.5 Å². The van der Waals surface area contributed by atoms with Gasteiger partial charge in [0, 0.05) is 12.3 Å². The first-order valence-electron chi connectivity index (χ1n) is 4.97. The molecule has 0 aliphatic heterocycles. The number of hydrogen-bond acceptors (Lipinski definition) is 3. The predicted octanol–water partition coefficient (Wildman–Crippen LogP) is 1.37. The molecule has 1 N–H and O–H groups in total. The summed E-state index contributed by atoms with van der Waals surface area (Å²) in [6, 6.07) is 0.438. The zero-order chi connectivity index (χ0) is 11.0. The van der Waals surface area contributed by atoms with Crippen molar-refractivity contribution >= 4 is 9.84 Å². The molecule has 0 heterocycles. The van der Waals surface area contributed by atoms with Gasteiger partial charge in [-0.3, -0.25) is 0 Å². The molecule has 0 aliphatic rings. The highest BCUT2D eigenvalue weighted by atomic mass is 32.2. The number of rotatable bonds is 8. The Kier molecular flexibility index (Phi) is 6.83. The lowest BCUT2D eigenvalue weighted by Crippen LogP contribution is -2.27. The third-order valence-electron chi connectivity index (χ3n) is 1.99. The molecule has 0 bridgehead atoms. The molecule has 14 heavy (non-hydrogen) atoms. The van der Waals surface area contributed by atoms with Crippen molar-refractivity contribution in [2.24, 2.45) is 0 Å². The lowest BCUT2D eigenvalue weighted by molar-refractivity contribution is 0.515. The predicted molar refractivity (Wildman–Crippen MR) is 61.2 cm³/mol. The van der Waals surface area contributed by atoms with E-state index < -0.39 is 9.84 Å². The fourth-order valence-electron chi connectivity index (χ4n) is 1.15. The Morgan fingerprint density at radius 1 is 1.50 bits per heavy atom. The quantitative estimate of drug-likeness (QED) is 0.495. The average Bonchev–Trinajstić information content (AvgIpc) is 2.07. The SMILES string of the molecule is C=CCCC(C)NCCCS(C)(=O)=O. The van der Waals surface area contributed by atoms with Crippen LogP contribution in [0.1, 0.15) is 26.2 Å². The van der Waals surface area contributed by atoms with Gasteiger partial charge in [-0.2, -0.15) is 0 Å². The maximum Gasteiger partial charge on any atom is 0.147 e. The number of sulfone groups is 1. The van der Waals surface area contributed by atoms with Crippen LogP contribution in [0.15, 0.2) is 12.7 Å². The van der Waals surface area contributed by atoms with Crippen LogP contribution >= 0.6 is 0 Å². The summed E-state index contributed by atoms with van der Waals surface area (Å²) in [5.41, 5.74) is 0. The molecule has 0 spiro atoms. The van der Waals surface area contributed by atoms with Gasteiger partial charge in [0.2, 0.25) is 0 Å². The molecule has 84 valence electrons. The van der Waals surface area contributed by atoms with E-state index in [0.717, 1.165) is 19.4 Å². The maximum atomic E-state index is 10.8. The van der Waals surface area contributed by atoms with Crippen molar-refractivity contribution in [2.75, 3.05) is 18.6 Å². The highest BCUT2D eigenvalue weighted by molar-refractivity contribution is 7.90. The molecule has 0 amide bonds. The molecule has 0 aromatic heterocycles. The Morgan fingerprint density at radius 2 is 2.14 bits per heavy atom. The zero-order valence-corrected chi connectivity index (χ0v) is 9.94. The van der Waals surface area contributed by atoms with E-state index in [1.807, 2.05) is 6.08 Å². The minimum Gasteiger partial charge on any atom is -0.314 e. The molecule has 0 aromatic carbocycles. The van der Waals surface area contributed by atoms with Gasteiger partial charge in [0.25, 0.3) is 0 Å². The molecule has 1 unspecified atom stereocenters. The molecule has 4 heteroatoms. The van der Waals surface area contributed by atoms with Crippen molar-refractivity contribution in [3.63, 3.8) is 0 Å². The number of allylic oxidation sites excluding steroid dienone is 1. The fraction of sp³-hybridized carbons (Fsp3) is 0.800. The lowest BCUT2D eigenvalue weighted by Gasteiger charge is -2.11. The van der Waals surface area contributed by atoms with Crippen LogP contribution < -0.4 is 5.32 Å². The molecule has 0 radical (unpaired) electrons. The van der Waals surface area contributed by atoms with E-state index in [0.29, 0.717) is 12.5 Å². The van der Waals surface area contributed by atoms with E-state index in [4.69, 9.17) is 0 Å². The van der Waals surface area contributed by atoms with E-state index in [1.165, 1.54) is 6.26 Å². The summed E-state index contributed by atoms with van der Waals surface area (Å²) in [6.07, 6.45) is 5.92. The first kappa shape index (κ1) is 13.7. The van der Waals surface area contributed by atoms with Gasteiger partial charge in [-0.15, -0.1) is 6.58 Å². The lowest BCUT2D eigenvalue weighted by atomic mass is 10.2. The zero-order valence-electron chi connectivity index (χ0n) is 9.12. The Hall–Kier alpha value is -0.350. The third-order valence-corrected chi connectivity index (χ3v) is 3.02. The van der Waals surface area contributed by atoms with E-state index in [1.54, 1.807) is 0 Å². The summed E-state index contributed by atoms with van der Waals surface area (Å²) in [5.74, 6) is 0.272. The molecule has 0 saturated carbocycles. The van der Waals surface area contributed by atoms with Crippen LogP contribution in [-0.4, -0.2) is 33.0 Å². The molecule has 0 fully saturated rings. The van der Waals surface area contributed by atoms with Crippen LogP contribution in [-0.2, 0) is 9.84 Å². The van der Waals surface area contributed by atoms with E-state index in [-0.39, 0.29) is 5.75 Å². The first-order valence-corrected chi connectivity index (χ1v) is 7.04. The Bertz CT molecular complexity index is 247. The first-order chi connectivity index (χ1) is 6.45. The number of hydrogen-bond donors (Lipinski definition) is 1. The average molecular weight is 219 g/mol. The molecule has 1 atom stereocenters. The summed E-state index contributed by atoms with van der Waals surface area (Å²) in [7, 11) is -2.80. The third kappa shape index (κ3) is 9.74. The molecule has 0 saturated heterocycles. The topological polar surface area (TPSA) is 46.2 Å². The van der Waals surface area contributed by atoms with Gasteiger partial charge in [0.15, 0.2) is 0 Å². The van der Waals surface area contributed by atoms with Crippen molar-refractivity contribution in [1.82, 2.24) is 5.32 Å². The second-order valence-corrected chi connectivity index (χ2v) is 5.96.